The van der Waals surface area contributed by atoms with Crippen LogP contribution in [0.1, 0.15) is 35.0 Å². The van der Waals surface area contributed by atoms with E-state index in [1.165, 1.54) is 5.56 Å². The lowest BCUT2D eigenvalue weighted by atomic mass is 10.1. The Morgan fingerprint density at radius 1 is 1.53 bits per heavy atom. The molecule has 1 atom stereocenters. The Bertz CT molecular complexity index is 583. The van der Waals surface area contributed by atoms with Crippen LogP contribution in [0.2, 0.25) is 0 Å². The van der Waals surface area contributed by atoms with Gasteiger partial charge in [0.1, 0.15) is 6.04 Å². The molecule has 2 heterocycles. The highest BCUT2D eigenvalue weighted by Gasteiger charge is 2.27. The number of nitrogens with one attached hydrogen (secondary N) is 2. The van der Waals surface area contributed by atoms with Crippen molar-refractivity contribution < 1.29 is 9.32 Å². The second-order valence-corrected chi connectivity index (χ2v) is 4.37. The molecule has 3 rings (SSSR count). The number of fused-ring (bicyclic) bond motifs is 1. The molecule has 0 saturated carbocycles. The summed E-state index contributed by atoms with van der Waals surface area (Å²) in [4.78, 5) is 15.7. The van der Waals surface area contributed by atoms with Crippen LogP contribution in [0.3, 0.4) is 0 Å². The monoisotopic (exact) mass is 258 g/mol. The third-order valence-electron chi connectivity index (χ3n) is 3.05. The number of para-hydroxylation sites is 1. The van der Waals surface area contributed by atoms with Gasteiger partial charge in [-0.3, -0.25) is 4.79 Å². The third-order valence-corrected chi connectivity index (χ3v) is 3.05. The SMILES string of the molecule is CCNC(=O)c1noc(C2Cc3ccccc3N2)n1. The van der Waals surface area contributed by atoms with Gasteiger partial charge in [0, 0.05) is 18.7 Å². The number of rotatable bonds is 3. The summed E-state index contributed by atoms with van der Waals surface area (Å²) in [5, 5.41) is 9.65. The molecule has 2 aromatic rings. The lowest BCUT2D eigenvalue weighted by Gasteiger charge is -2.04. The summed E-state index contributed by atoms with van der Waals surface area (Å²) in [6.07, 6.45) is 0.785. The maximum Gasteiger partial charge on any atom is 0.292 e. The predicted octanol–water partition coefficient (Wildman–Crippen LogP) is 1.53. The molecule has 0 spiro atoms. The number of hydrogen-bond acceptors (Lipinski definition) is 5. The fourth-order valence-electron chi connectivity index (χ4n) is 2.16. The molecule has 2 N–H and O–H groups in total. The van der Waals surface area contributed by atoms with E-state index in [-0.39, 0.29) is 17.8 Å². The first-order valence-electron chi connectivity index (χ1n) is 6.24. The third kappa shape index (κ3) is 2.16. The summed E-state index contributed by atoms with van der Waals surface area (Å²) in [5.41, 5.74) is 2.29. The Balaban J connectivity index is 1.77. The zero-order valence-electron chi connectivity index (χ0n) is 10.5. The number of hydrogen-bond donors (Lipinski definition) is 2. The smallest absolute Gasteiger partial charge is 0.292 e. The van der Waals surface area contributed by atoms with Gasteiger partial charge in [-0.15, -0.1) is 0 Å². The van der Waals surface area contributed by atoms with Crippen molar-refractivity contribution >= 4 is 11.6 Å². The highest BCUT2D eigenvalue weighted by atomic mass is 16.5. The summed E-state index contributed by atoms with van der Waals surface area (Å²) >= 11 is 0. The van der Waals surface area contributed by atoms with Crippen LogP contribution in [0.25, 0.3) is 0 Å². The molecule has 98 valence electrons. The van der Waals surface area contributed by atoms with Gasteiger partial charge in [-0.05, 0) is 18.6 Å². The largest absolute Gasteiger partial charge is 0.373 e. The molecule has 6 nitrogen and oxygen atoms in total. The molecular weight excluding hydrogens is 244 g/mol. The van der Waals surface area contributed by atoms with E-state index >= 15 is 0 Å². The average molecular weight is 258 g/mol. The number of benzene rings is 1. The lowest BCUT2D eigenvalue weighted by molar-refractivity contribution is 0.0942. The van der Waals surface area contributed by atoms with Gasteiger partial charge in [0.2, 0.25) is 5.89 Å². The van der Waals surface area contributed by atoms with E-state index < -0.39 is 0 Å². The summed E-state index contributed by atoms with van der Waals surface area (Å²) in [6, 6.07) is 7.98. The van der Waals surface area contributed by atoms with Crippen LogP contribution in [0, 0.1) is 0 Å². The van der Waals surface area contributed by atoms with Crippen molar-refractivity contribution in [2.45, 2.75) is 19.4 Å². The lowest BCUT2D eigenvalue weighted by Crippen LogP contribution is -2.23. The number of nitrogens with zero attached hydrogens (tertiary/aromatic N) is 2. The van der Waals surface area contributed by atoms with Crippen molar-refractivity contribution in [2.24, 2.45) is 0 Å². The summed E-state index contributed by atoms with van der Waals surface area (Å²) < 4.78 is 5.16. The molecule has 6 heteroatoms. The van der Waals surface area contributed by atoms with Gasteiger partial charge in [0.05, 0.1) is 0 Å². The van der Waals surface area contributed by atoms with Crippen molar-refractivity contribution in [1.82, 2.24) is 15.5 Å². The van der Waals surface area contributed by atoms with E-state index in [4.69, 9.17) is 4.52 Å². The number of amides is 1. The topological polar surface area (TPSA) is 80.0 Å². The van der Waals surface area contributed by atoms with Gasteiger partial charge < -0.3 is 15.2 Å². The van der Waals surface area contributed by atoms with Crippen LogP contribution in [-0.4, -0.2) is 22.6 Å². The molecule has 1 aliphatic heterocycles. The minimum absolute atomic E-state index is 0.0620. The molecule has 1 aliphatic rings. The number of carbonyl (C=O) groups is 1. The first kappa shape index (κ1) is 11.7. The highest BCUT2D eigenvalue weighted by molar-refractivity contribution is 5.90. The van der Waals surface area contributed by atoms with Crippen LogP contribution in [-0.2, 0) is 6.42 Å². The van der Waals surface area contributed by atoms with Gasteiger partial charge in [0.25, 0.3) is 11.7 Å². The van der Waals surface area contributed by atoms with E-state index in [2.05, 4.69) is 26.8 Å². The van der Waals surface area contributed by atoms with Crippen LogP contribution < -0.4 is 10.6 Å². The molecule has 1 unspecified atom stereocenters. The first-order chi connectivity index (χ1) is 9.28. The summed E-state index contributed by atoms with van der Waals surface area (Å²) in [6.45, 7) is 2.38. The Labute approximate surface area is 110 Å². The van der Waals surface area contributed by atoms with Gasteiger partial charge in [-0.25, -0.2) is 0 Å². The Morgan fingerprint density at radius 2 is 2.37 bits per heavy atom. The Kier molecular flexibility index (Phi) is 2.91. The minimum Gasteiger partial charge on any atom is -0.373 e. The molecule has 19 heavy (non-hydrogen) atoms. The van der Waals surface area contributed by atoms with Crippen LogP contribution in [0.5, 0.6) is 0 Å². The molecule has 1 amide bonds. The molecule has 1 aromatic heterocycles. The summed E-state index contributed by atoms with van der Waals surface area (Å²) in [7, 11) is 0. The standard InChI is InChI=1S/C13H14N4O2/c1-2-14-12(18)11-16-13(19-17-11)10-7-8-5-3-4-6-9(8)15-10/h3-6,10,15H,2,7H2,1H3,(H,14,18). The molecule has 0 aliphatic carbocycles. The Morgan fingerprint density at radius 3 is 3.16 bits per heavy atom. The van der Waals surface area contributed by atoms with Gasteiger partial charge in [0.15, 0.2) is 0 Å². The molecule has 0 fully saturated rings. The highest BCUT2D eigenvalue weighted by Crippen LogP contribution is 2.32. The zero-order chi connectivity index (χ0) is 13.2. The van der Waals surface area contributed by atoms with Gasteiger partial charge in [-0.1, -0.05) is 23.4 Å². The summed E-state index contributed by atoms with van der Waals surface area (Å²) in [5.74, 6) is 0.208. The predicted molar refractivity (Wildman–Crippen MR) is 68.8 cm³/mol. The van der Waals surface area contributed by atoms with Crippen molar-refractivity contribution in [3.05, 3.63) is 41.5 Å². The molecule has 0 bridgehead atoms. The van der Waals surface area contributed by atoms with E-state index in [1.54, 1.807) is 0 Å². The van der Waals surface area contributed by atoms with E-state index in [0.29, 0.717) is 12.4 Å². The zero-order valence-corrected chi connectivity index (χ0v) is 10.5. The molecule has 0 radical (unpaired) electrons. The fourth-order valence-corrected chi connectivity index (χ4v) is 2.16. The average Bonchev–Trinajstić information content (AvgIpc) is 3.05. The number of anilines is 1. The molecular formula is C13H14N4O2. The maximum absolute atomic E-state index is 11.6. The van der Waals surface area contributed by atoms with Crippen molar-refractivity contribution in [3.63, 3.8) is 0 Å². The van der Waals surface area contributed by atoms with Crippen molar-refractivity contribution in [1.29, 1.82) is 0 Å². The maximum atomic E-state index is 11.6. The van der Waals surface area contributed by atoms with E-state index in [0.717, 1.165) is 12.1 Å². The van der Waals surface area contributed by atoms with Crippen LogP contribution in [0.4, 0.5) is 5.69 Å². The van der Waals surface area contributed by atoms with Crippen LogP contribution >= 0.6 is 0 Å². The van der Waals surface area contributed by atoms with Gasteiger partial charge >= 0.3 is 0 Å². The van der Waals surface area contributed by atoms with Gasteiger partial charge in [-0.2, -0.15) is 4.98 Å². The van der Waals surface area contributed by atoms with Crippen LogP contribution in [0.15, 0.2) is 28.8 Å². The molecule has 1 aromatic carbocycles. The normalized spacial score (nSPS) is 16.8. The van der Waals surface area contributed by atoms with Crippen molar-refractivity contribution in [2.75, 3.05) is 11.9 Å². The first-order valence-corrected chi connectivity index (χ1v) is 6.24. The van der Waals surface area contributed by atoms with E-state index in [1.807, 2.05) is 25.1 Å². The minimum atomic E-state index is -0.312. The quantitative estimate of drug-likeness (QED) is 0.872. The second-order valence-electron chi connectivity index (χ2n) is 4.37. The second kappa shape index (κ2) is 4.72. The Hall–Kier alpha value is -2.37. The number of aromatic nitrogens is 2. The van der Waals surface area contributed by atoms with E-state index in [9.17, 15) is 4.79 Å². The van der Waals surface area contributed by atoms with Crippen molar-refractivity contribution in [3.8, 4) is 0 Å². The number of carbonyl (C=O) groups excluding carboxylic acids is 1. The fraction of sp³-hybridized carbons (Fsp3) is 0.308. The molecule has 0 saturated heterocycles.